The number of anilines is 2. The lowest BCUT2D eigenvalue weighted by Gasteiger charge is -2.18. The molecule has 19 heavy (non-hydrogen) atoms. The van der Waals surface area contributed by atoms with E-state index in [4.69, 9.17) is 5.73 Å². The highest BCUT2D eigenvalue weighted by Crippen LogP contribution is 2.25. The van der Waals surface area contributed by atoms with Gasteiger partial charge in [-0.05, 0) is 6.92 Å². The molecule has 0 bridgehead atoms. The van der Waals surface area contributed by atoms with Gasteiger partial charge in [-0.15, -0.1) is 0 Å². The van der Waals surface area contributed by atoms with Gasteiger partial charge in [-0.25, -0.2) is 18.7 Å². The summed E-state index contributed by atoms with van der Waals surface area (Å²) in [7, 11) is 0. The van der Waals surface area contributed by atoms with Gasteiger partial charge in [0.2, 0.25) is 0 Å². The number of nitrogens with one attached hydrogen (secondary N) is 1. The van der Waals surface area contributed by atoms with Crippen LogP contribution in [0, 0.1) is 6.92 Å². The van der Waals surface area contributed by atoms with Crippen molar-refractivity contribution in [2.24, 2.45) is 0 Å². The summed E-state index contributed by atoms with van der Waals surface area (Å²) in [4.78, 5) is 8.02. The summed E-state index contributed by atoms with van der Waals surface area (Å²) in [5.74, 6) is -3.62. The van der Waals surface area contributed by atoms with Gasteiger partial charge in [0, 0.05) is 11.5 Å². The van der Waals surface area contributed by atoms with Gasteiger partial charge in [0.1, 0.15) is 17.5 Å². The number of hydrogen-bond donors (Lipinski definition) is 2. The van der Waals surface area contributed by atoms with Crippen LogP contribution in [-0.2, 0) is 0 Å². The van der Waals surface area contributed by atoms with E-state index in [9.17, 15) is 17.6 Å². The van der Waals surface area contributed by atoms with Crippen LogP contribution in [-0.4, -0.2) is 28.9 Å². The largest absolute Gasteiger partial charge is 0.383 e. The molecular weight excluding hydrogens is 264 g/mol. The van der Waals surface area contributed by atoms with Gasteiger partial charge in [-0.2, -0.15) is 8.78 Å². The number of halogens is 4. The van der Waals surface area contributed by atoms with Crippen molar-refractivity contribution < 1.29 is 17.6 Å². The number of aromatic nitrogens is 2. The van der Waals surface area contributed by atoms with Gasteiger partial charge in [-0.3, -0.25) is 0 Å². The first-order valence-corrected chi connectivity index (χ1v) is 5.69. The molecule has 0 amide bonds. The van der Waals surface area contributed by atoms with E-state index < -0.39 is 18.9 Å². The van der Waals surface area contributed by atoms with Gasteiger partial charge in [-0.1, -0.05) is 13.8 Å². The number of hydrogen-bond acceptors (Lipinski definition) is 4. The SMILES string of the molecule is Cc1c(N)nc(C(C)C)nc1NCC(F)(F)C(F)F. The molecule has 0 unspecified atom stereocenters. The van der Waals surface area contributed by atoms with Gasteiger partial charge >= 0.3 is 12.3 Å². The van der Waals surface area contributed by atoms with Crippen LogP contribution in [0.25, 0.3) is 0 Å². The minimum Gasteiger partial charge on any atom is -0.383 e. The Labute approximate surface area is 108 Å². The van der Waals surface area contributed by atoms with Crippen LogP contribution in [0.4, 0.5) is 29.2 Å². The van der Waals surface area contributed by atoms with Gasteiger partial charge in [0.15, 0.2) is 0 Å². The fourth-order valence-electron chi connectivity index (χ4n) is 1.26. The number of nitrogens with two attached hydrogens (primary N) is 1. The molecule has 0 aromatic carbocycles. The van der Waals surface area contributed by atoms with Crippen molar-refractivity contribution >= 4 is 11.6 Å². The third-order valence-electron chi connectivity index (χ3n) is 2.53. The first-order valence-electron chi connectivity index (χ1n) is 5.69. The summed E-state index contributed by atoms with van der Waals surface area (Å²) >= 11 is 0. The highest BCUT2D eigenvalue weighted by Gasteiger charge is 2.40. The zero-order valence-electron chi connectivity index (χ0n) is 10.8. The highest BCUT2D eigenvalue weighted by atomic mass is 19.3. The van der Waals surface area contributed by atoms with Gasteiger partial charge in [0.05, 0.1) is 6.54 Å². The molecule has 1 aromatic rings. The molecule has 0 radical (unpaired) electrons. The molecule has 0 aliphatic rings. The topological polar surface area (TPSA) is 63.8 Å². The molecule has 0 saturated heterocycles. The Morgan fingerprint density at radius 3 is 2.32 bits per heavy atom. The third kappa shape index (κ3) is 3.68. The molecule has 1 heterocycles. The normalized spacial score (nSPS) is 12.3. The van der Waals surface area contributed by atoms with E-state index in [0.29, 0.717) is 11.4 Å². The summed E-state index contributed by atoms with van der Waals surface area (Å²) in [5, 5.41) is 2.21. The molecule has 0 atom stereocenters. The number of nitrogens with zero attached hydrogens (tertiary/aromatic N) is 2. The predicted octanol–water partition coefficient (Wildman–Crippen LogP) is 2.80. The Morgan fingerprint density at radius 1 is 1.26 bits per heavy atom. The minimum atomic E-state index is -4.12. The van der Waals surface area contributed by atoms with E-state index in [1.807, 2.05) is 13.8 Å². The zero-order valence-corrected chi connectivity index (χ0v) is 10.8. The molecule has 4 nitrogen and oxygen atoms in total. The molecular formula is C11H16F4N4. The number of nitrogen functional groups attached to an aromatic ring is 1. The maximum atomic E-state index is 12.8. The molecule has 0 aliphatic heterocycles. The minimum absolute atomic E-state index is 0.0523. The molecule has 1 aromatic heterocycles. The molecule has 3 N–H and O–H groups in total. The number of rotatable bonds is 5. The summed E-state index contributed by atoms with van der Waals surface area (Å²) in [6, 6.07) is 0. The molecule has 0 saturated carbocycles. The summed E-state index contributed by atoms with van der Waals surface area (Å²) in [6.45, 7) is 3.94. The van der Waals surface area contributed by atoms with Crippen LogP contribution in [0.2, 0.25) is 0 Å². The van der Waals surface area contributed by atoms with E-state index >= 15 is 0 Å². The van der Waals surface area contributed by atoms with E-state index in [0.717, 1.165) is 0 Å². The van der Waals surface area contributed by atoms with Crippen molar-refractivity contribution in [3.63, 3.8) is 0 Å². The molecule has 8 heteroatoms. The summed E-state index contributed by atoms with van der Waals surface area (Å²) in [5.41, 5.74) is 5.99. The van der Waals surface area contributed by atoms with Gasteiger partial charge < -0.3 is 11.1 Å². The molecule has 0 spiro atoms. The maximum absolute atomic E-state index is 12.8. The second-order valence-corrected chi connectivity index (χ2v) is 4.51. The molecule has 1 rings (SSSR count). The fraction of sp³-hybridized carbons (Fsp3) is 0.636. The first-order chi connectivity index (χ1) is 8.65. The molecule has 108 valence electrons. The average molecular weight is 280 g/mol. The molecule has 0 aliphatic carbocycles. The van der Waals surface area contributed by atoms with Crippen molar-refractivity contribution in [2.45, 2.75) is 39.0 Å². The van der Waals surface area contributed by atoms with E-state index in [2.05, 4.69) is 15.3 Å². The van der Waals surface area contributed by atoms with E-state index in [1.165, 1.54) is 6.92 Å². The third-order valence-corrected chi connectivity index (χ3v) is 2.53. The Hall–Kier alpha value is -1.60. The van der Waals surface area contributed by atoms with Crippen LogP contribution >= 0.6 is 0 Å². The maximum Gasteiger partial charge on any atom is 0.324 e. The fourth-order valence-corrected chi connectivity index (χ4v) is 1.26. The van der Waals surface area contributed by atoms with E-state index in [-0.39, 0.29) is 17.6 Å². The van der Waals surface area contributed by atoms with Crippen LogP contribution < -0.4 is 11.1 Å². The van der Waals surface area contributed by atoms with Crippen LogP contribution in [0.3, 0.4) is 0 Å². The lowest BCUT2D eigenvalue weighted by molar-refractivity contribution is -0.117. The Kier molecular flexibility index (Phi) is 4.54. The molecule has 0 fully saturated rings. The van der Waals surface area contributed by atoms with Crippen molar-refractivity contribution in [3.05, 3.63) is 11.4 Å². The second-order valence-electron chi connectivity index (χ2n) is 4.51. The standard InChI is InChI=1S/C11H16F4N4/c1-5(2)8-18-7(16)6(3)9(19-8)17-4-11(14,15)10(12)13/h5,10H,4H2,1-3H3,(H3,16,17,18,19). The Bertz CT molecular complexity index is 449. The summed E-state index contributed by atoms with van der Waals surface area (Å²) in [6.07, 6.45) is -3.73. The Balaban J connectivity index is 2.95. The Morgan fingerprint density at radius 2 is 1.84 bits per heavy atom. The lowest BCUT2D eigenvalue weighted by Crippen LogP contribution is -2.35. The second kappa shape index (κ2) is 5.58. The van der Waals surface area contributed by atoms with Crippen LogP contribution in [0.15, 0.2) is 0 Å². The zero-order chi connectivity index (χ0) is 14.8. The van der Waals surface area contributed by atoms with E-state index in [1.54, 1.807) is 0 Å². The van der Waals surface area contributed by atoms with Crippen LogP contribution in [0.5, 0.6) is 0 Å². The summed E-state index contributed by atoms with van der Waals surface area (Å²) < 4.78 is 49.8. The smallest absolute Gasteiger partial charge is 0.324 e. The number of alkyl halides is 4. The van der Waals surface area contributed by atoms with Crippen molar-refractivity contribution in [3.8, 4) is 0 Å². The average Bonchev–Trinajstić information content (AvgIpc) is 2.30. The monoisotopic (exact) mass is 280 g/mol. The van der Waals surface area contributed by atoms with Gasteiger partial charge in [0.25, 0.3) is 0 Å². The van der Waals surface area contributed by atoms with Crippen molar-refractivity contribution in [2.75, 3.05) is 17.6 Å². The quantitative estimate of drug-likeness (QED) is 0.814. The lowest BCUT2D eigenvalue weighted by atomic mass is 10.2. The van der Waals surface area contributed by atoms with Crippen molar-refractivity contribution in [1.82, 2.24) is 9.97 Å². The van der Waals surface area contributed by atoms with Crippen molar-refractivity contribution in [1.29, 1.82) is 0 Å². The first kappa shape index (κ1) is 15.5. The predicted molar refractivity (Wildman–Crippen MR) is 64.7 cm³/mol. The van der Waals surface area contributed by atoms with Crippen LogP contribution in [0.1, 0.15) is 31.2 Å². The highest BCUT2D eigenvalue weighted by molar-refractivity contribution is 5.55.